The van der Waals surface area contributed by atoms with Gasteiger partial charge in [-0.15, -0.1) is 0 Å². The van der Waals surface area contributed by atoms with Gasteiger partial charge >= 0.3 is 0 Å². The van der Waals surface area contributed by atoms with Crippen molar-refractivity contribution in [2.45, 2.75) is 33.6 Å². The van der Waals surface area contributed by atoms with Gasteiger partial charge in [0.2, 0.25) is 0 Å². The zero-order chi connectivity index (χ0) is 9.14. The SMILES string of the molecule is CC1CC(C)C(C)CCN(C)C1. The first-order valence-electron chi connectivity index (χ1n) is 5.28. The first kappa shape index (κ1) is 10.0. The van der Waals surface area contributed by atoms with Gasteiger partial charge in [-0.25, -0.2) is 0 Å². The fraction of sp³-hybridized carbons (Fsp3) is 1.00. The normalized spacial score (nSPS) is 40.5. The molecule has 0 radical (unpaired) electrons. The van der Waals surface area contributed by atoms with Crippen LogP contribution in [0.4, 0.5) is 0 Å². The molecule has 1 fully saturated rings. The Hall–Kier alpha value is -0.0400. The Balaban J connectivity index is 2.46. The zero-order valence-electron chi connectivity index (χ0n) is 9.01. The van der Waals surface area contributed by atoms with Crippen molar-refractivity contribution in [2.75, 3.05) is 20.1 Å². The maximum atomic E-state index is 2.48. The minimum atomic E-state index is 0.882. The second kappa shape index (κ2) is 4.27. The summed E-state index contributed by atoms with van der Waals surface area (Å²) in [4.78, 5) is 2.48. The summed E-state index contributed by atoms with van der Waals surface area (Å²) in [7, 11) is 2.25. The van der Waals surface area contributed by atoms with Gasteiger partial charge in [0, 0.05) is 6.54 Å². The Labute approximate surface area is 77.1 Å². The Morgan fingerprint density at radius 1 is 1.08 bits per heavy atom. The van der Waals surface area contributed by atoms with Gasteiger partial charge in [0.1, 0.15) is 0 Å². The summed E-state index contributed by atoms with van der Waals surface area (Å²) in [6.07, 6.45) is 2.79. The zero-order valence-corrected chi connectivity index (χ0v) is 9.01. The minimum absolute atomic E-state index is 0.882. The maximum absolute atomic E-state index is 2.48. The lowest BCUT2D eigenvalue weighted by atomic mass is 9.84. The van der Waals surface area contributed by atoms with E-state index < -0.39 is 0 Å². The van der Waals surface area contributed by atoms with Crippen LogP contribution in [0.5, 0.6) is 0 Å². The van der Waals surface area contributed by atoms with Crippen molar-refractivity contribution < 1.29 is 0 Å². The molecule has 72 valence electrons. The van der Waals surface area contributed by atoms with Gasteiger partial charge in [0.25, 0.3) is 0 Å². The van der Waals surface area contributed by atoms with E-state index in [4.69, 9.17) is 0 Å². The van der Waals surface area contributed by atoms with Crippen LogP contribution in [0.15, 0.2) is 0 Å². The van der Waals surface area contributed by atoms with Crippen LogP contribution in [-0.2, 0) is 0 Å². The lowest BCUT2D eigenvalue weighted by molar-refractivity contribution is 0.181. The smallest absolute Gasteiger partial charge is 0.000407 e. The van der Waals surface area contributed by atoms with Crippen molar-refractivity contribution >= 4 is 0 Å². The molecule has 0 aromatic carbocycles. The summed E-state index contributed by atoms with van der Waals surface area (Å²) >= 11 is 0. The molecule has 3 atom stereocenters. The van der Waals surface area contributed by atoms with Gasteiger partial charge in [-0.05, 0) is 44.2 Å². The standard InChI is InChI=1S/C11H23N/c1-9-7-11(3)10(2)5-6-12(4)8-9/h9-11H,5-8H2,1-4H3. The fourth-order valence-corrected chi connectivity index (χ4v) is 2.27. The predicted octanol–water partition coefficient (Wildman–Crippen LogP) is 2.62. The number of nitrogens with zero attached hydrogens (tertiary/aromatic N) is 1. The third-order valence-electron chi connectivity index (χ3n) is 3.34. The van der Waals surface area contributed by atoms with Crippen LogP contribution in [0.2, 0.25) is 0 Å². The highest BCUT2D eigenvalue weighted by molar-refractivity contribution is 4.72. The van der Waals surface area contributed by atoms with Crippen molar-refractivity contribution in [1.29, 1.82) is 0 Å². The molecular weight excluding hydrogens is 146 g/mol. The fourth-order valence-electron chi connectivity index (χ4n) is 2.27. The third kappa shape index (κ3) is 2.78. The van der Waals surface area contributed by atoms with Gasteiger partial charge < -0.3 is 4.90 Å². The Kier molecular flexibility index (Phi) is 3.57. The van der Waals surface area contributed by atoms with Gasteiger partial charge in [0.15, 0.2) is 0 Å². The molecule has 0 aromatic rings. The van der Waals surface area contributed by atoms with Crippen LogP contribution in [0.1, 0.15) is 33.6 Å². The minimum Gasteiger partial charge on any atom is -0.306 e. The molecule has 1 heteroatoms. The summed E-state index contributed by atoms with van der Waals surface area (Å²) in [5.41, 5.74) is 0. The van der Waals surface area contributed by atoms with Gasteiger partial charge in [-0.2, -0.15) is 0 Å². The summed E-state index contributed by atoms with van der Waals surface area (Å²) in [5, 5.41) is 0. The lowest BCUT2D eigenvalue weighted by Gasteiger charge is -2.31. The van der Waals surface area contributed by atoms with Crippen LogP contribution in [0.25, 0.3) is 0 Å². The van der Waals surface area contributed by atoms with Crippen molar-refractivity contribution in [1.82, 2.24) is 4.90 Å². The molecule has 12 heavy (non-hydrogen) atoms. The third-order valence-corrected chi connectivity index (χ3v) is 3.34. The Bertz CT molecular complexity index is 133. The van der Waals surface area contributed by atoms with Gasteiger partial charge in [-0.1, -0.05) is 20.8 Å². The average molecular weight is 169 g/mol. The molecule has 0 saturated carbocycles. The molecule has 1 nitrogen and oxygen atoms in total. The second-order valence-corrected chi connectivity index (χ2v) is 4.85. The molecule has 1 rings (SSSR count). The largest absolute Gasteiger partial charge is 0.306 e. The Morgan fingerprint density at radius 3 is 2.42 bits per heavy atom. The molecule has 1 heterocycles. The van der Waals surface area contributed by atoms with Crippen LogP contribution >= 0.6 is 0 Å². The van der Waals surface area contributed by atoms with E-state index in [2.05, 4.69) is 32.7 Å². The highest BCUT2D eigenvalue weighted by Gasteiger charge is 2.19. The Morgan fingerprint density at radius 2 is 1.75 bits per heavy atom. The number of rotatable bonds is 0. The monoisotopic (exact) mass is 169 g/mol. The summed E-state index contributed by atoms with van der Waals surface area (Å²) < 4.78 is 0. The molecule has 0 spiro atoms. The number of likely N-dealkylation sites (tertiary alicyclic amines) is 1. The quantitative estimate of drug-likeness (QED) is 0.539. The molecule has 1 aliphatic rings. The maximum Gasteiger partial charge on any atom is 0.000407 e. The summed E-state index contributed by atoms with van der Waals surface area (Å²) in [6.45, 7) is 9.76. The molecule has 0 N–H and O–H groups in total. The number of hydrogen-bond acceptors (Lipinski definition) is 1. The highest BCUT2D eigenvalue weighted by atomic mass is 15.1. The van der Waals surface area contributed by atoms with Crippen molar-refractivity contribution in [3.05, 3.63) is 0 Å². The first-order valence-corrected chi connectivity index (χ1v) is 5.28. The van der Waals surface area contributed by atoms with Crippen molar-refractivity contribution in [3.8, 4) is 0 Å². The van der Waals surface area contributed by atoms with Crippen LogP contribution in [-0.4, -0.2) is 25.0 Å². The molecule has 0 amide bonds. The molecular formula is C11H23N. The van der Waals surface area contributed by atoms with E-state index in [-0.39, 0.29) is 0 Å². The van der Waals surface area contributed by atoms with Gasteiger partial charge in [-0.3, -0.25) is 0 Å². The molecule has 3 unspecified atom stereocenters. The molecule has 0 bridgehead atoms. The van der Waals surface area contributed by atoms with Crippen LogP contribution in [0.3, 0.4) is 0 Å². The van der Waals surface area contributed by atoms with E-state index in [1.807, 2.05) is 0 Å². The van der Waals surface area contributed by atoms with E-state index in [1.54, 1.807) is 0 Å². The number of hydrogen-bond donors (Lipinski definition) is 0. The van der Waals surface area contributed by atoms with E-state index in [1.165, 1.54) is 25.9 Å². The van der Waals surface area contributed by atoms with E-state index in [0.29, 0.717) is 0 Å². The van der Waals surface area contributed by atoms with Crippen molar-refractivity contribution in [2.24, 2.45) is 17.8 Å². The van der Waals surface area contributed by atoms with Crippen LogP contribution < -0.4 is 0 Å². The summed E-state index contributed by atoms with van der Waals surface area (Å²) in [6, 6.07) is 0. The van der Waals surface area contributed by atoms with Crippen LogP contribution in [0, 0.1) is 17.8 Å². The highest BCUT2D eigenvalue weighted by Crippen LogP contribution is 2.25. The summed E-state index contributed by atoms with van der Waals surface area (Å²) in [5.74, 6) is 2.72. The van der Waals surface area contributed by atoms with E-state index in [9.17, 15) is 0 Å². The molecule has 0 aliphatic carbocycles. The van der Waals surface area contributed by atoms with E-state index >= 15 is 0 Å². The molecule has 1 saturated heterocycles. The average Bonchev–Trinajstić information content (AvgIpc) is 1.98. The second-order valence-electron chi connectivity index (χ2n) is 4.85. The predicted molar refractivity (Wildman–Crippen MR) is 54.2 cm³/mol. The van der Waals surface area contributed by atoms with E-state index in [0.717, 1.165) is 17.8 Å². The molecule has 0 aromatic heterocycles. The topological polar surface area (TPSA) is 3.24 Å². The first-order chi connectivity index (χ1) is 5.59. The van der Waals surface area contributed by atoms with Gasteiger partial charge in [0.05, 0.1) is 0 Å². The lowest BCUT2D eigenvalue weighted by Crippen LogP contribution is -2.31. The van der Waals surface area contributed by atoms with Crippen molar-refractivity contribution in [3.63, 3.8) is 0 Å². The molecule has 1 aliphatic heterocycles.